The van der Waals surface area contributed by atoms with Crippen LogP contribution in [-0.2, 0) is 9.53 Å². The van der Waals surface area contributed by atoms with Gasteiger partial charge in [-0.3, -0.25) is 4.79 Å². The minimum atomic E-state index is -0.0794. The summed E-state index contributed by atoms with van der Waals surface area (Å²) in [6.45, 7) is 5.13. The summed E-state index contributed by atoms with van der Waals surface area (Å²) in [5, 5.41) is 0. The second-order valence-corrected chi connectivity index (χ2v) is 2.01. The molecule has 0 spiro atoms. The molecule has 3 heteroatoms. The van der Waals surface area contributed by atoms with Gasteiger partial charge in [0.2, 0.25) is 0 Å². The van der Waals surface area contributed by atoms with E-state index in [4.69, 9.17) is 10.5 Å². The van der Waals surface area contributed by atoms with Gasteiger partial charge in [0.15, 0.2) is 5.78 Å². The van der Waals surface area contributed by atoms with E-state index in [1.165, 1.54) is 20.1 Å². The van der Waals surface area contributed by atoms with Gasteiger partial charge >= 0.3 is 0 Å². The lowest BCUT2D eigenvalue weighted by Gasteiger charge is -2.05. The van der Waals surface area contributed by atoms with Crippen molar-refractivity contribution in [3.05, 3.63) is 24.0 Å². The molecule has 0 fully saturated rings. The van der Waals surface area contributed by atoms with Gasteiger partial charge in [-0.1, -0.05) is 6.58 Å². The maximum absolute atomic E-state index is 10.9. The van der Waals surface area contributed by atoms with Gasteiger partial charge in [-0.25, -0.2) is 0 Å². The van der Waals surface area contributed by atoms with Crippen LogP contribution in [0.15, 0.2) is 24.0 Å². The van der Waals surface area contributed by atoms with Crippen LogP contribution in [0.1, 0.15) is 6.92 Å². The van der Waals surface area contributed by atoms with Gasteiger partial charge in [0.05, 0.1) is 12.7 Å². The highest BCUT2D eigenvalue weighted by atomic mass is 16.5. The van der Waals surface area contributed by atoms with Crippen molar-refractivity contribution in [3.63, 3.8) is 0 Å². The molecule has 62 valence electrons. The number of carbonyl (C=O) groups excluding carboxylic acids is 1. The molecule has 3 nitrogen and oxygen atoms in total. The molecule has 0 aromatic carbocycles. The van der Waals surface area contributed by atoms with Gasteiger partial charge < -0.3 is 10.5 Å². The van der Waals surface area contributed by atoms with Crippen LogP contribution >= 0.6 is 0 Å². The Morgan fingerprint density at radius 3 is 2.36 bits per heavy atom. The number of methoxy groups -OCH3 is 1. The van der Waals surface area contributed by atoms with Gasteiger partial charge in [-0.05, 0) is 13.0 Å². The summed E-state index contributed by atoms with van der Waals surface area (Å²) in [5.41, 5.74) is 5.79. The number of ether oxygens (including phenoxy) is 1. The fourth-order valence-electron chi connectivity index (χ4n) is 0.748. The summed E-state index contributed by atoms with van der Waals surface area (Å²) < 4.78 is 4.87. The van der Waals surface area contributed by atoms with Gasteiger partial charge in [-0.2, -0.15) is 0 Å². The fraction of sp³-hybridized carbons (Fsp3) is 0.375. The Balaban J connectivity index is 4.76. The quantitative estimate of drug-likeness (QED) is 0.368. The zero-order chi connectivity index (χ0) is 8.85. The molecular weight excluding hydrogens is 142 g/mol. The van der Waals surface area contributed by atoms with E-state index < -0.39 is 0 Å². The molecule has 0 aliphatic rings. The molecule has 0 saturated carbocycles. The predicted octanol–water partition coefficient (Wildman–Crippen LogP) is 0.621. The van der Waals surface area contributed by atoms with Crippen molar-refractivity contribution in [1.82, 2.24) is 0 Å². The lowest BCUT2D eigenvalue weighted by Crippen LogP contribution is -2.13. The first-order valence-electron chi connectivity index (χ1n) is 3.28. The largest absolute Gasteiger partial charge is 0.496 e. The Morgan fingerprint density at radius 2 is 2.27 bits per heavy atom. The maximum atomic E-state index is 10.9. The highest BCUT2D eigenvalue weighted by Crippen LogP contribution is 2.05. The van der Waals surface area contributed by atoms with Crippen LogP contribution < -0.4 is 5.73 Å². The molecule has 0 atom stereocenters. The van der Waals surface area contributed by atoms with E-state index in [1.807, 2.05) is 0 Å². The van der Waals surface area contributed by atoms with Crippen molar-refractivity contribution < 1.29 is 9.53 Å². The smallest absolute Gasteiger partial charge is 0.160 e. The van der Waals surface area contributed by atoms with Gasteiger partial charge in [0.1, 0.15) is 5.76 Å². The van der Waals surface area contributed by atoms with Crippen molar-refractivity contribution >= 4 is 5.78 Å². The summed E-state index contributed by atoms with van der Waals surface area (Å²) >= 11 is 0. The van der Waals surface area contributed by atoms with Gasteiger partial charge in [-0.15, -0.1) is 0 Å². The Morgan fingerprint density at radius 1 is 1.73 bits per heavy atom. The molecule has 0 aliphatic heterocycles. The molecule has 0 radical (unpaired) electrons. The van der Waals surface area contributed by atoms with Crippen LogP contribution in [0.5, 0.6) is 0 Å². The number of allylic oxidation sites excluding steroid dienone is 1. The predicted molar refractivity (Wildman–Crippen MR) is 44.0 cm³/mol. The first kappa shape index (κ1) is 9.91. The molecule has 0 aromatic rings. The molecular formula is C8H13NO2. The monoisotopic (exact) mass is 155 g/mol. The van der Waals surface area contributed by atoms with E-state index in [9.17, 15) is 4.79 Å². The van der Waals surface area contributed by atoms with Crippen LogP contribution in [0.2, 0.25) is 0 Å². The molecule has 0 rings (SSSR count). The van der Waals surface area contributed by atoms with Crippen LogP contribution in [0.3, 0.4) is 0 Å². The Bertz CT molecular complexity index is 194. The first-order chi connectivity index (χ1) is 5.17. The third-order valence-corrected chi connectivity index (χ3v) is 1.33. The summed E-state index contributed by atoms with van der Waals surface area (Å²) in [6, 6.07) is 0. The molecule has 0 heterocycles. The summed E-state index contributed by atoms with van der Waals surface area (Å²) in [5.74, 6) is 0.379. The average molecular weight is 155 g/mol. The summed E-state index contributed by atoms with van der Waals surface area (Å²) in [7, 11) is 1.48. The van der Waals surface area contributed by atoms with Gasteiger partial charge in [0, 0.05) is 6.54 Å². The number of hydrogen-bond donors (Lipinski definition) is 1. The zero-order valence-electron chi connectivity index (χ0n) is 6.89. The SMILES string of the molecule is C=CC(OC)=C(CN)C(C)=O. The Hall–Kier alpha value is -1.09. The van der Waals surface area contributed by atoms with Gasteiger partial charge in [0.25, 0.3) is 0 Å². The molecule has 0 unspecified atom stereocenters. The number of Topliss-reactive ketones (excluding diaryl/α,β-unsaturated/α-hetero) is 1. The van der Waals surface area contributed by atoms with Crippen molar-refractivity contribution in [3.8, 4) is 0 Å². The third kappa shape index (κ3) is 2.55. The van der Waals surface area contributed by atoms with E-state index in [0.29, 0.717) is 11.3 Å². The minimum absolute atomic E-state index is 0.0794. The van der Waals surface area contributed by atoms with Crippen molar-refractivity contribution in [2.75, 3.05) is 13.7 Å². The van der Waals surface area contributed by atoms with E-state index >= 15 is 0 Å². The zero-order valence-corrected chi connectivity index (χ0v) is 6.89. The standard InChI is InChI=1S/C8H13NO2/c1-4-8(11-3)7(5-9)6(2)10/h4H,1,5,9H2,2-3H3. The van der Waals surface area contributed by atoms with Crippen LogP contribution in [-0.4, -0.2) is 19.4 Å². The van der Waals surface area contributed by atoms with Crippen molar-refractivity contribution in [2.24, 2.45) is 5.73 Å². The summed E-state index contributed by atoms with van der Waals surface area (Å²) in [4.78, 5) is 10.9. The lowest BCUT2D eigenvalue weighted by atomic mass is 10.1. The van der Waals surface area contributed by atoms with E-state index in [0.717, 1.165) is 0 Å². The maximum Gasteiger partial charge on any atom is 0.160 e. The molecule has 0 amide bonds. The van der Waals surface area contributed by atoms with Crippen molar-refractivity contribution in [2.45, 2.75) is 6.92 Å². The second-order valence-electron chi connectivity index (χ2n) is 2.01. The molecule has 0 bridgehead atoms. The molecule has 0 aromatic heterocycles. The lowest BCUT2D eigenvalue weighted by molar-refractivity contribution is -0.113. The molecule has 11 heavy (non-hydrogen) atoms. The number of hydrogen-bond acceptors (Lipinski definition) is 3. The molecule has 0 saturated heterocycles. The highest BCUT2D eigenvalue weighted by molar-refractivity contribution is 5.94. The topological polar surface area (TPSA) is 52.3 Å². The number of carbonyl (C=O) groups is 1. The highest BCUT2D eigenvalue weighted by Gasteiger charge is 2.06. The van der Waals surface area contributed by atoms with E-state index in [-0.39, 0.29) is 12.3 Å². The van der Waals surface area contributed by atoms with Crippen LogP contribution in [0, 0.1) is 0 Å². The fourth-order valence-corrected chi connectivity index (χ4v) is 0.748. The number of rotatable bonds is 4. The van der Waals surface area contributed by atoms with Crippen molar-refractivity contribution in [1.29, 1.82) is 0 Å². The van der Waals surface area contributed by atoms with E-state index in [1.54, 1.807) is 0 Å². The minimum Gasteiger partial charge on any atom is -0.496 e. The number of ketones is 1. The van der Waals surface area contributed by atoms with Crippen LogP contribution in [0.4, 0.5) is 0 Å². The first-order valence-corrected chi connectivity index (χ1v) is 3.28. The molecule has 2 N–H and O–H groups in total. The number of nitrogens with two attached hydrogens (primary N) is 1. The summed E-state index contributed by atoms with van der Waals surface area (Å²) in [6.07, 6.45) is 1.48. The van der Waals surface area contributed by atoms with Crippen LogP contribution in [0.25, 0.3) is 0 Å². The normalized spacial score (nSPS) is 11.9. The third-order valence-electron chi connectivity index (χ3n) is 1.33. The second kappa shape index (κ2) is 4.68. The Kier molecular flexibility index (Phi) is 4.22. The Labute approximate surface area is 66.5 Å². The molecule has 0 aliphatic carbocycles. The van der Waals surface area contributed by atoms with E-state index in [2.05, 4.69) is 6.58 Å². The average Bonchev–Trinajstić information content (AvgIpc) is 1.99.